The van der Waals surface area contributed by atoms with Gasteiger partial charge in [0, 0.05) is 5.02 Å². The van der Waals surface area contributed by atoms with Gasteiger partial charge in [-0.15, -0.1) is 0 Å². The summed E-state index contributed by atoms with van der Waals surface area (Å²) in [5, 5.41) is -0.181. The van der Waals surface area contributed by atoms with Gasteiger partial charge in [-0.05, 0) is 49.4 Å². The highest BCUT2D eigenvalue weighted by atomic mass is 35.5. The van der Waals surface area contributed by atoms with Crippen molar-refractivity contribution < 1.29 is 31.1 Å². The van der Waals surface area contributed by atoms with Crippen LogP contribution < -0.4 is 4.72 Å². The van der Waals surface area contributed by atoms with Crippen molar-refractivity contribution in [2.45, 2.75) is 18.0 Å². The molecule has 0 saturated carbocycles. The van der Waals surface area contributed by atoms with Crippen molar-refractivity contribution in [2.75, 3.05) is 11.3 Å². The molecular weight excluding hydrogens is 395 g/mol. The molecule has 2 rings (SSSR count). The summed E-state index contributed by atoms with van der Waals surface area (Å²) in [6.45, 7) is 1.77. The van der Waals surface area contributed by atoms with Gasteiger partial charge in [-0.2, -0.15) is 13.2 Å². The topological polar surface area (TPSA) is 72.5 Å². The van der Waals surface area contributed by atoms with Crippen LogP contribution in [0, 0.1) is 0 Å². The average molecular weight is 408 g/mol. The number of carbonyl (C=O) groups is 1. The molecule has 26 heavy (non-hydrogen) atoms. The molecule has 5 nitrogen and oxygen atoms in total. The number of halogens is 4. The van der Waals surface area contributed by atoms with Gasteiger partial charge in [-0.3, -0.25) is 4.72 Å². The number of hydrogen-bond acceptors (Lipinski definition) is 4. The summed E-state index contributed by atoms with van der Waals surface area (Å²) in [6.07, 6.45) is -4.80. The molecule has 2 aromatic carbocycles. The van der Waals surface area contributed by atoms with E-state index in [1.54, 1.807) is 6.92 Å². The number of hydrogen-bond donors (Lipinski definition) is 1. The molecule has 2 aromatic rings. The first-order valence-electron chi connectivity index (χ1n) is 7.21. The number of benzene rings is 2. The maximum Gasteiger partial charge on any atom is 0.418 e. The van der Waals surface area contributed by atoms with Crippen LogP contribution in [0.1, 0.15) is 22.8 Å². The first kappa shape index (κ1) is 20.1. The smallest absolute Gasteiger partial charge is 0.418 e. The van der Waals surface area contributed by atoms with E-state index in [2.05, 4.69) is 0 Å². The van der Waals surface area contributed by atoms with Crippen LogP contribution in [0.3, 0.4) is 0 Å². The van der Waals surface area contributed by atoms with Gasteiger partial charge in [-0.1, -0.05) is 11.6 Å². The quantitative estimate of drug-likeness (QED) is 0.748. The van der Waals surface area contributed by atoms with Crippen LogP contribution in [-0.2, 0) is 20.9 Å². The number of anilines is 1. The molecule has 1 N–H and O–H groups in total. The van der Waals surface area contributed by atoms with Gasteiger partial charge in [-0.25, -0.2) is 13.2 Å². The third-order valence-electron chi connectivity index (χ3n) is 3.21. The van der Waals surface area contributed by atoms with Crippen LogP contribution in [-0.4, -0.2) is 21.0 Å². The fourth-order valence-corrected chi connectivity index (χ4v) is 3.28. The molecule has 0 spiro atoms. The molecule has 0 saturated heterocycles. The van der Waals surface area contributed by atoms with E-state index in [0.717, 1.165) is 24.3 Å². The number of ether oxygens (including phenoxy) is 1. The predicted octanol–water partition coefficient (Wildman–Crippen LogP) is 4.34. The molecule has 140 valence electrons. The van der Waals surface area contributed by atoms with E-state index < -0.39 is 33.4 Å². The van der Waals surface area contributed by atoms with Crippen LogP contribution in [0.2, 0.25) is 5.02 Å². The van der Waals surface area contributed by atoms with Crippen LogP contribution in [0.4, 0.5) is 18.9 Å². The van der Waals surface area contributed by atoms with Gasteiger partial charge < -0.3 is 4.74 Å². The summed E-state index contributed by atoms with van der Waals surface area (Å²) >= 11 is 5.56. The number of rotatable bonds is 5. The minimum Gasteiger partial charge on any atom is -0.462 e. The van der Waals surface area contributed by atoms with Gasteiger partial charge in [0.1, 0.15) is 0 Å². The molecule has 0 atom stereocenters. The standard InChI is InChI=1S/C16H13ClF3NO4S/c1-2-25-15(22)10-3-6-12(7-4-10)26(23,24)21-14-8-5-11(17)9-13(14)16(18,19)20/h3-9,21H,2H2,1H3. The van der Waals surface area contributed by atoms with E-state index >= 15 is 0 Å². The van der Waals surface area contributed by atoms with E-state index in [-0.39, 0.29) is 22.1 Å². The summed E-state index contributed by atoms with van der Waals surface area (Å²) in [5.41, 5.74) is -1.75. The molecule has 0 aromatic heterocycles. The van der Waals surface area contributed by atoms with Gasteiger partial charge in [0.15, 0.2) is 0 Å². The zero-order valence-electron chi connectivity index (χ0n) is 13.3. The lowest BCUT2D eigenvalue weighted by atomic mass is 10.2. The fraction of sp³-hybridized carbons (Fsp3) is 0.188. The Morgan fingerprint density at radius 1 is 1.15 bits per heavy atom. The molecule has 0 aliphatic heterocycles. The molecule has 10 heteroatoms. The first-order chi connectivity index (χ1) is 12.0. The average Bonchev–Trinajstić information content (AvgIpc) is 2.56. The van der Waals surface area contributed by atoms with Gasteiger partial charge >= 0.3 is 12.1 Å². The summed E-state index contributed by atoms with van der Waals surface area (Å²) in [7, 11) is -4.31. The molecular formula is C16H13ClF3NO4S. The number of carbonyl (C=O) groups excluding carboxylic acids is 1. The molecule has 0 aliphatic rings. The summed E-state index contributed by atoms with van der Waals surface area (Å²) in [6, 6.07) is 7.30. The van der Waals surface area contributed by atoms with Crippen LogP contribution in [0.15, 0.2) is 47.4 Å². The second kappa shape index (κ2) is 7.55. The molecule has 0 radical (unpaired) electrons. The molecule has 0 unspecified atom stereocenters. The van der Waals surface area contributed by atoms with Crippen molar-refractivity contribution in [3.63, 3.8) is 0 Å². The number of esters is 1. The third-order valence-corrected chi connectivity index (χ3v) is 4.82. The highest BCUT2D eigenvalue weighted by Gasteiger charge is 2.35. The minimum absolute atomic E-state index is 0.119. The lowest BCUT2D eigenvalue weighted by molar-refractivity contribution is -0.136. The van der Waals surface area contributed by atoms with Crippen molar-refractivity contribution in [1.29, 1.82) is 0 Å². The van der Waals surface area contributed by atoms with E-state index in [0.29, 0.717) is 6.07 Å². The summed E-state index contributed by atoms with van der Waals surface area (Å²) in [4.78, 5) is 11.2. The Hall–Kier alpha value is -2.26. The second-order valence-corrected chi connectivity index (χ2v) is 7.16. The van der Waals surface area contributed by atoms with E-state index in [1.807, 2.05) is 4.72 Å². The molecule has 0 heterocycles. The zero-order chi connectivity index (χ0) is 19.5. The largest absolute Gasteiger partial charge is 0.462 e. The molecule has 0 amide bonds. The molecule has 0 fully saturated rings. The second-order valence-electron chi connectivity index (χ2n) is 5.04. The van der Waals surface area contributed by atoms with Crippen molar-refractivity contribution in [3.8, 4) is 0 Å². The van der Waals surface area contributed by atoms with Crippen molar-refractivity contribution in [2.24, 2.45) is 0 Å². The van der Waals surface area contributed by atoms with E-state index in [1.165, 1.54) is 12.1 Å². The van der Waals surface area contributed by atoms with Crippen LogP contribution in [0.5, 0.6) is 0 Å². The van der Waals surface area contributed by atoms with Crippen LogP contribution in [0.25, 0.3) is 0 Å². The predicted molar refractivity (Wildman–Crippen MR) is 89.7 cm³/mol. The lowest BCUT2D eigenvalue weighted by Crippen LogP contribution is -2.17. The van der Waals surface area contributed by atoms with E-state index in [4.69, 9.17) is 16.3 Å². The Labute approximate surface area is 152 Å². The van der Waals surface area contributed by atoms with Gasteiger partial charge in [0.05, 0.1) is 28.3 Å². The highest BCUT2D eigenvalue weighted by Crippen LogP contribution is 2.37. The SMILES string of the molecule is CCOC(=O)c1ccc(S(=O)(=O)Nc2ccc(Cl)cc2C(F)(F)F)cc1. The van der Waals surface area contributed by atoms with Crippen molar-refractivity contribution in [1.82, 2.24) is 0 Å². The Morgan fingerprint density at radius 3 is 2.31 bits per heavy atom. The maximum atomic E-state index is 13.1. The van der Waals surface area contributed by atoms with Gasteiger partial charge in [0.25, 0.3) is 10.0 Å². The Kier molecular flexibility index (Phi) is 5.82. The number of alkyl halides is 3. The first-order valence-corrected chi connectivity index (χ1v) is 9.07. The monoisotopic (exact) mass is 407 g/mol. The normalized spacial score (nSPS) is 11.9. The van der Waals surface area contributed by atoms with E-state index in [9.17, 15) is 26.4 Å². The lowest BCUT2D eigenvalue weighted by Gasteiger charge is -2.15. The zero-order valence-corrected chi connectivity index (χ0v) is 14.9. The molecule has 0 bridgehead atoms. The summed E-state index contributed by atoms with van der Waals surface area (Å²) in [5.74, 6) is -0.638. The Bertz CT molecular complexity index is 912. The van der Waals surface area contributed by atoms with Crippen LogP contribution >= 0.6 is 11.6 Å². The number of nitrogens with one attached hydrogen (secondary N) is 1. The summed E-state index contributed by atoms with van der Waals surface area (Å²) < 4.78 is 70.6. The van der Waals surface area contributed by atoms with Crippen molar-refractivity contribution >= 4 is 33.3 Å². The minimum atomic E-state index is -4.80. The Morgan fingerprint density at radius 2 is 1.77 bits per heavy atom. The third kappa shape index (κ3) is 4.67. The number of sulfonamides is 1. The molecule has 0 aliphatic carbocycles. The van der Waals surface area contributed by atoms with Crippen molar-refractivity contribution in [3.05, 3.63) is 58.6 Å². The fourth-order valence-electron chi connectivity index (χ4n) is 2.03. The van der Waals surface area contributed by atoms with Gasteiger partial charge in [0.2, 0.25) is 0 Å². The highest BCUT2D eigenvalue weighted by molar-refractivity contribution is 7.92. The Balaban J connectivity index is 2.34. The maximum absolute atomic E-state index is 13.1.